The Hall–Kier alpha value is -2.62. The van der Waals surface area contributed by atoms with Crippen LogP contribution in [-0.4, -0.2) is 9.97 Å². The van der Waals surface area contributed by atoms with E-state index < -0.39 is 0 Å². The summed E-state index contributed by atoms with van der Waals surface area (Å²) < 4.78 is 5.72. The minimum Gasteiger partial charge on any atom is -0.439 e. The molecule has 0 aliphatic heterocycles. The Kier molecular flexibility index (Phi) is 2.76. The van der Waals surface area contributed by atoms with Crippen molar-refractivity contribution in [3.05, 3.63) is 54.4 Å². The summed E-state index contributed by atoms with van der Waals surface area (Å²) in [5.74, 6) is 1.24. The van der Waals surface area contributed by atoms with Crippen LogP contribution in [0.15, 0.2) is 48.7 Å². The van der Waals surface area contributed by atoms with E-state index in [0.717, 1.165) is 16.6 Å². The molecule has 0 spiro atoms. The fourth-order valence-corrected chi connectivity index (χ4v) is 1.84. The summed E-state index contributed by atoms with van der Waals surface area (Å²) in [6, 6.07) is 13.2. The number of rotatable bonds is 2. The maximum Gasteiger partial charge on any atom is 0.219 e. The quantitative estimate of drug-likeness (QED) is 0.759. The third kappa shape index (κ3) is 2.33. The van der Waals surface area contributed by atoms with Crippen LogP contribution in [0.25, 0.3) is 10.9 Å². The minimum absolute atomic E-state index is 0.530. The number of hydrogen-bond acceptors (Lipinski definition) is 4. The van der Waals surface area contributed by atoms with Gasteiger partial charge in [-0.2, -0.15) is 0 Å². The van der Waals surface area contributed by atoms with Crippen molar-refractivity contribution in [1.29, 1.82) is 0 Å². The van der Waals surface area contributed by atoms with Gasteiger partial charge in [-0.1, -0.05) is 6.07 Å². The maximum atomic E-state index is 5.73. The highest BCUT2D eigenvalue weighted by atomic mass is 16.5. The first-order valence-corrected chi connectivity index (χ1v) is 5.98. The Bertz CT molecular complexity index is 740. The standard InChI is InChI=1S/C15H13N3O/c1-10-13(16)6-7-15(18-10)19-12-5-4-11-3-2-8-17-14(11)9-12/h2-9H,16H2,1H3. The zero-order valence-corrected chi connectivity index (χ0v) is 10.5. The molecular formula is C15H13N3O. The maximum absolute atomic E-state index is 5.73. The molecular weight excluding hydrogens is 238 g/mol. The molecule has 94 valence electrons. The number of aryl methyl sites for hydroxylation is 1. The van der Waals surface area contributed by atoms with Crippen molar-refractivity contribution in [3.8, 4) is 11.6 Å². The number of nitrogens with two attached hydrogens (primary N) is 1. The predicted molar refractivity (Wildman–Crippen MR) is 75.2 cm³/mol. The summed E-state index contributed by atoms with van der Waals surface area (Å²) in [5, 5.41) is 1.08. The summed E-state index contributed by atoms with van der Waals surface area (Å²) in [6.45, 7) is 1.85. The van der Waals surface area contributed by atoms with E-state index >= 15 is 0 Å². The van der Waals surface area contributed by atoms with Gasteiger partial charge >= 0.3 is 0 Å². The molecule has 0 unspecified atom stereocenters. The van der Waals surface area contributed by atoms with Crippen LogP contribution in [0.4, 0.5) is 5.69 Å². The first-order chi connectivity index (χ1) is 9.22. The van der Waals surface area contributed by atoms with Crippen molar-refractivity contribution < 1.29 is 4.74 Å². The van der Waals surface area contributed by atoms with Gasteiger partial charge in [0.05, 0.1) is 16.9 Å². The summed E-state index contributed by atoms with van der Waals surface area (Å²) in [5.41, 5.74) is 8.04. The molecule has 0 aliphatic rings. The van der Waals surface area contributed by atoms with Gasteiger partial charge in [-0.05, 0) is 31.2 Å². The van der Waals surface area contributed by atoms with Crippen LogP contribution in [0.5, 0.6) is 11.6 Å². The number of benzene rings is 1. The molecule has 4 heteroatoms. The largest absolute Gasteiger partial charge is 0.439 e. The lowest BCUT2D eigenvalue weighted by atomic mass is 10.2. The molecule has 0 atom stereocenters. The zero-order valence-electron chi connectivity index (χ0n) is 10.5. The zero-order chi connectivity index (χ0) is 13.2. The van der Waals surface area contributed by atoms with E-state index in [4.69, 9.17) is 10.5 Å². The summed E-state index contributed by atoms with van der Waals surface area (Å²) in [7, 11) is 0. The van der Waals surface area contributed by atoms with Gasteiger partial charge in [0.15, 0.2) is 0 Å². The highest BCUT2D eigenvalue weighted by molar-refractivity contribution is 5.79. The number of fused-ring (bicyclic) bond motifs is 1. The third-order valence-corrected chi connectivity index (χ3v) is 2.90. The average Bonchev–Trinajstić information content (AvgIpc) is 2.43. The summed E-state index contributed by atoms with van der Waals surface area (Å²) >= 11 is 0. The monoisotopic (exact) mass is 251 g/mol. The molecule has 3 aromatic rings. The van der Waals surface area contributed by atoms with Gasteiger partial charge in [0.25, 0.3) is 0 Å². The van der Waals surface area contributed by atoms with E-state index in [-0.39, 0.29) is 0 Å². The van der Waals surface area contributed by atoms with Crippen LogP contribution < -0.4 is 10.5 Å². The Morgan fingerprint density at radius 1 is 1.11 bits per heavy atom. The van der Waals surface area contributed by atoms with Crippen LogP contribution in [0.1, 0.15) is 5.69 Å². The average molecular weight is 251 g/mol. The summed E-state index contributed by atoms with van der Waals surface area (Å²) in [4.78, 5) is 8.58. The second-order valence-corrected chi connectivity index (χ2v) is 4.28. The van der Waals surface area contributed by atoms with E-state index in [1.165, 1.54) is 0 Å². The van der Waals surface area contributed by atoms with Crippen molar-refractivity contribution in [2.24, 2.45) is 0 Å². The predicted octanol–water partition coefficient (Wildman–Crippen LogP) is 3.31. The molecule has 0 saturated heterocycles. The molecule has 0 saturated carbocycles. The molecule has 0 aliphatic carbocycles. The van der Waals surface area contributed by atoms with Crippen LogP contribution in [0.3, 0.4) is 0 Å². The van der Waals surface area contributed by atoms with Crippen molar-refractivity contribution in [1.82, 2.24) is 9.97 Å². The van der Waals surface area contributed by atoms with E-state index in [0.29, 0.717) is 17.3 Å². The number of pyridine rings is 2. The second-order valence-electron chi connectivity index (χ2n) is 4.28. The van der Waals surface area contributed by atoms with Crippen molar-refractivity contribution >= 4 is 16.6 Å². The second kappa shape index (κ2) is 4.57. The lowest BCUT2D eigenvalue weighted by molar-refractivity contribution is 0.462. The molecule has 0 bridgehead atoms. The fraction of sp³-hybridized carbons (Fsp3) is 0.0667. The minimum atomic E-state index is 0.530. The number of anilines is 1. The molecule has 0 fully saturated rings. The smallest absolute Gasteiger partial charge is 0.219 e. The normalized spacial score (nSPS) is 10.6. The van der Waals surface area contributed by atoms with Crippen molar-refractivity contribution in [2.75, 3.05) is 5.73 Å². The topological polar surface area (TPSA) is 61.0 Å². The van der Waals surface area contributed by atoms with Gasteiger partial charge in [-0.25, -0.2) is 4.98 Å². The fourth-order valence-electron chi connectivity index (χ4n) is 1.84. The van der Waals surface area contributed by atoms with E-state index in [2.05, 4.69) is 9.97 Å². The Morgan fingerprint density at radius 2 is 2.00 bits per heavy atom. The first-order valence-electron chi connectivity index (χ1n) is 5.98. The van der Waals surface area contributed by atoms with Gasteiger partial charge < -0.3 is 10.5 Å². The number of aromatic nitrogens is 2. The van der Waals surface area contributed by atoms with Crippen LogP contribution in [0, 0.1) is 6.92 Å². The van der Waals surface area contributed by atoms with Gasteiger partial charge in [0.2, 0.25) is 5.88 Å². The Labute approximate surface area is 110 Å². The van der Waals surface area contributed by atoms with E-state index in [1.54, 1.807) is 18.3 Å². The lowest BCUT2D eigenvalue weighted by Crippen LogP contribution is -1.95. The molecule has 2 N–H and O–H groups in total. The highest BCUT2D eigenvalue weighted by Gasteiger charge is 2.03. The number of nitrogens with zero attached hydrogens (tertiary/aromatic N) is 2. The molecule has 0 amide bonds. The van der Waals surface area contributed by atoms with Crippen molar-refractivity contribution in [2.45, 2.75) is 6.92 Å². The van der Waals surface area contributed by atoms with Crippen LogP contribution >= 0.6 is 0 Å². The molecule has 2 aromatic heterocycles. The number of nitrogen functional groups attached to an aromatic ring is 1. The van der Waals surface area contributed by atoms with Crippen molar-refractivity contribution in [3.63, 3.8) is 0 Å². The van der Waals surface area contributed by atoms with Gasteiger partial charge in [-0.15, -0.1) is 0 Å². The molecule has 19 heavy (non-hydrogen) atoms. The lowest BCUT2D eigenvalue weighted by Gasteiger charge is -2.07. The van der Waals surface area contributed by atoms with Crippen LogP contribution in [0.2, 0.25) is 0 Å². The summed E-state index contributed by atoms with van der Waals surface area (Å²) in [6.07, 6.45) is 1.76. The number of hydrogen-bond donors (Lipinski definition) is 1. The van der Waals surface area contributed by atoms with E-state index in [9.17, 15) is 0 Å². The van der Waals surface area contributed by atoms with Gasteiger partial charge in [0.1, 0.15) is 5.75 Å². The van der Waals surface area contributed by atoms with Crippen LogP contribution in [-0.2, 0) is 0 Å². The Balaban J connectivity index is 1.94. The molecule has 1 aromatic carbocycles. The van der Waals surface area contributed by atoms with Gasteiger partial charge in [-0.3, -0.25) is 4.98 Å². The molecule has 0 radical (unpaired) electrons. The molecule has 3 rings (SSSR count). The highest BCUT2D eigenvalue weighted by Crippen LogP contribution is 2.24. The Morgan fingerprint density at radius 3 is 2.84 bits per heavy atom. The van der Waals surface area contributed by atoms with Gasteiger partial charge in [0, 0.05) is 23.7 Å². The number of ether oxygens (including phenoxy) is 1. The molecule has 4 nitrogen and oxygen atoms in total. The molecule has 2 heterocycles. The first kappa shape index (κ1) is 11.5. The SMILES string of the molecule is Cc1nc(Oc2ccc3cccnc3c2)ccc1N. The third-order valence-electron chi connectivity index (χ3n) is 2.90. The van der Waals surface area contributed by atoms with E-state index in [1.807, 2.05) is 37.3 Å².